The Kier molecular flexibility index (Phi) is 9.01. The summed E-state index contributed by atoms with van der Waals surface area (Å²) < 4.78 is 5.67. The van der Waals surface area contributed by atoms with Crippen molar-refractivity contribution in [2.24, 2.45) is 11.7 Å². The number of halogens is 1. The van der Waals surface area contributed by atoms with Gasteiger partial charge in [0, 0.05) is 0 Å². The molecule has 114 valence electrons. The molecule has 1 unspecified atom stereocenters. The monoisotopic (exact) mass is 300 g/mol. The molecule has 1 aromatic carbocycles. The molecule has 0 aromatic heterocycles. The van der Waals surface area contributed by atoms with E-state index in [1.54, 1.807) is 0 Å². The Labute approximate surface area is 127 Å². The van der Waals surface area contributed by atoms with Crippen molar-refractivity contribution in [3.63, 3.8) is 0 Å². The molecule has 0 aliphatic rings. The topological polar surface area (TPSA) is 64.4 Å². The maximum Gasteiger partial charge on any atom is 0.237 e. The van der Waals surface area contributed by atoms with Gasteiger partial charge in [0.1, 0.15) is 11.9 Å². The van der Waals surface area contributed by atoms with Gasteiger partial charge in [-0.3, -0.25) is 4.79 Å². The predicted molar refractivity (Wildman–Crippen MR) is 84.2 cm³/mol. The minimum Gasteiger partial charge on any atom is -0.489 e. The zero-order valence-electron chi connectivity index (χ0n) is 12.3. The molecule has 1 aromatic rings. The van der Waals surface area contributed by atoms with Gasteiger partial charge in [0.2, 0.25) is 5.91 Å². The van der Waals surface area contributed by atoms with Crippen LogP contribution in [0.4, 0.5) is 0 Å². The molecule has 0 bridgehead atoms. The number of rotatable bonds is 7. The number of hydrogen-bond donors (Lipinski definition) is 2. The number of nitrogens with two attached hydrogens (primary N) is 1. The summed E-state index contributed by atoms with van der Waals surface area (Å²) in [5, 5.41) is 2.82. The van der Waals surface area contributed by atoms with Crippen molar-refractivity contribution >= 4 is 18.3 Å². The van der Waals surface area contributed by atoms with Crippen LogP contribution in [-0.4, -0.2) is 24.6 Å². The summed E-state index contributed by atoms with van der Waals surface area (Å²) in [4.78, 5) is 11.7. The van der Waals surface area contributed by atoms with Crippen LogP contribution in [0.15, 0.2) is 30.3 Å². The Hall–Kier alpha value is -1.26. The lowest BCUT2D eigenvalue weighted by Gasteiger charge is -2.18. The van der Waals surface area contributed by atoms with Gasteiger partial charge >= 0.3 is 0 Å². The quantitative estimate of drug-likeness (QED) is 0.812. The summed E-state index contributed by atoms with van der Waals surface area (Å²) in [5.41, 5.74) is 5.80. The van der Waals surface area contributed by atoms with Gasteiger partial charge in [-0.15, -0.1) is 12.4 Å². The SMILES string of the molecule is CC(C)C[C@H](N)C(=O)NCC(C)Oc1ccccc1.Cl. The molecule has 5 heteroatoms. The molecule has 0 heterocycles. The fourth-order valence-corrected chi connectivity index (χ4v) is 1.76. The lowest BCUT2D eigenvalue weighted by atomic mass is 10.0. The molecular formula is C15H25ClN2O2. The van der Waals surface area contributed by atoms with E-state index < -0.39 is 6.04 Å². The van der Waals surface area contributed by atoms with Crippen LogP contribution in [0.5, 0.6) is 5.75 Å². The summed E-state index contributed by atoms with van der Waals surface area (Å²) in [5.74, 6) is 1.10. The van der Waals surface area contributed by atoms with E-state index >= 15 is 0 Å². The maximum atomic E-state index is 11.7. The maximum absolute atomic E-state index is 11.7. The van der Waals surface area contributed by atoms with Crippen LogP contribution in [-0.2, 0) is 4.79 Å². The van der Waals surface area contributed by atoms with Crippen LogP contribution in [0.2, 0.25) is 0 Å². The first-order valence-electron chi connectivity index (χ1n) is 6.74. The van der Waals surface area contributed by atoms with Crippen LogP contribution in [0.1, 0.15) is 27.2 Å². The highest BCUT2D eigenvalue weighted by molar-refractivity contribution is 5.85. The average molecular weight is 301 g/mol. The summed E-state index contributed by atoms with van der Waals surface area (Å²) in [6.07, 6.45) is 0.609. The van der Waals surface area contributed by atoms with Crippen molar-refractivity contribution in [2.75, 3.05) is 6.54 Å². The first-order chi connectivity index (χ1) is 8.99. The number of hydrogen-bond acceptors (Lipinski definition) is 3. The van der Waals surface area contributed by atoms with E-state index in [9.17, 15) is 4.79 Å². The molecule has 0 spiro atoms. The Bertz CT molecular complexity index is 385. The van der Waals surface area contributed by atoms with E-state index in [2.05, 4.69) is 5.32 Å². The molecule has 0 saturated carbocycles. The van der Waals surface area contributed by atoms with Gasteiger partial charge in [0.25, 0.3) is 0 Å². The number of benzene rings is 1. The first kappa shape index (κ1) is 18.7. The van der Waals surface area contributed by atoms with Crippen molar-refractivity contribution in [1.29, 1.82) is 0 Å². The highest BCUT2D eigenvalue weighted by Gasteiger charge is 2.15. The number of carbonyl (C=O) groups excluding carboxylic acids is 1. The highest BCUT2D eigenvalue weighted by atomic mass is 35.5. The van der Waals surface area contributed by atoms with Crippen molar-refractivity contribution in [3.05, 3.63) is 30.3 Å². The van der Waals surface area contributed by atoms with Gasteiger partial charge in [-0.1, -0.05) is 32.0 Å². The molecule has 1 amide bonds. The molecule has 1 rings (SSSR count). The number of carbonyl (C=O) groups is 1. The number of nitrogens with one attached hydrogen (secondary N) is 1. The van der Waals surface area contributed by atoms with Crippen molar-refractivity contribution in [3.8, 4) is 5.75 Å². The van der Waals surface area contributed by atoms with Crippen molar-refractivity contribution < 1.29 is 9.53 Å². The van der Waals surface area contributed by atoms with Crippen LogP contribution >= 0.6 is 12.4 Å². The normalized spacial score (nSPS) is 13.2. The van der Waals surface area contributed by atoms with Crippen LogP contribution in [0, 0.1) is 5.92 Å². The van der Waals surface area contributed by atoms with E-state index in [1.165, 1.54) is 0 Å². The van der Waals surface area contributed by atoms with Gasteiger partial charge in [-0.2, -0.15) is 0 Å². The third-order valence-corrected chi connectivity index (χ3v) is 2.71. The number of para-hydroxylation sites is 1. The van der Waals surface area contributed by atoms with Gasteiger partial charge in [-0.25, -0.2) is 0 Å². The molecule has 0 saturated heterocycles. The molecular weight excluding hydrogens is 276 g/mol. The Morgan fingerprint density at radius 3 is 2.40 bits per heavy atom. The van der Waals surface area contributed by atoms with Gasteiger partial charge in [0.05, 0.1) is 12.6 Å². The van der Waals surface area contributed by atoms with Crippen molar-refractivity contribution in [2.45, 2.75) is 39.3 Å². The molecule has 0 aliphatic heterocycles. The Morgan fingerprint density at radius 1 is 1.25 bits per heavy atom. The first-order valence-corrected chi connectivity index (χ1v) is 6.74. The summed E-state index contributed by atoms with van der Waals surface area (Å²) in [7, 11) is 0. The van der Waals surface area contributed by atoms with E-state index in [4.69, 9.17) is 10.5 Å². The lowest BCUT2D eigenvalue weighted by molar-refractivity contribution is -0.123. The smallest absolute Gasteiger partial charge is 0.237 e. The zero-order chi connectivity index (χ0) is 14.3. The molecule has 0 fully saturated rings. The minimum absolute atomic E-state index is 0. The third kappa shape index (κ3) is 7.36. The largest absolute Gasteiger partial charge is 0.489 e. The summed E-state index contributed by atoms with van der Waals surface area (Å²) in [6, 6.07) is 9.11. The second kappa shape index (κ2) is 9.61. The van der Waals surface area contributed by atoms with Gasteiger partial charge < -0.3 is 15.8 Å². The van der Waals surface area contributed by atoms with E-state index in [0.29, 0.717) is 18.9 Å². The van der Waals surface area contributed by atoms with E-state index in [-0.39, 0.29) is 24.4 Å². The zero-order valence-corrected chi connectivity index (χ0v) is 13.2. The molecule has 2 atom stereocenters. The fourth-order valence-electron chi connectivity index (χ4n) is 1.76. The second-order valence-electron chi connectivity index (χ2n) is 5.22. The number of ether oxygens (including phenoxy) is 1. The summed E-state index contributed by atoms with van der Waals surface area (Å²) >= 11 is 0. The lowest BCUT2D eigenvalue weighted by Crippen LogP contribution is -2.44. The molecule has 20 heavy (non-hydrogen) atoms. The van der Waals surface area contributed by atoms with Crippen LogP contribution in [0.3, 0.4) is 0 Å². The molecule has 0 aliphatic carbocycles. The van der Waals surface area contributed by atoms with E-state index in [0.717, 1.165) is 5.75 Å². The molecule has 0 radical (unpaired) electrons. The molecule has 4 nitrogen and oxygen atoms in total. The van der Waals surface area contributed by atoms with Gasteiger partial charge in [-0.05, 0) is 31.4 Å². The van der Waals surface area contributed by atoms with Crippen molar-refractivity contribution in [1.82, 2.24) is 5.32 Å². The fraction of sp³-hybridized carbons (Fsp3) is 0.533. The van der Waals surface area contributed by atoms with E-state index in [1.807, 2.05) is 51.1 Å². The second-order valence-corrected chi connectivity index (χ2v) is 5.22. The van der Waals surface area contributed by atoms with Gasteiger partial charge in [0.15, 0.2) is 0 Å². The van der Waals surface area contributed by atoms with Crippen LogP contribution in [0.25, 0.3) is 0 Å². The average Bonchev–Trinajstić information content (AvgIpc) is 2.36. The summed E-state index contributed by atoms with van der Waals surface area (Å²) in [6.45, 7) is 6.48. The Morgan fingerprint density at radius 2 is 1.85 bits per heavy atom. The third-order valence-electron chi connectivity index (χ3n) is 2.71. The highest BCUT2D eigenvalue weighted by Crippen LogP contribution is 2.10. The standard InChI is InChI=1S/C15H24N2O2.ClH/c1-11(2)9-14(16)15(18)17-10-12(3)19-13-7-5-4-6-8-13;/h4-8,11-12,14H,9-10,16H2,1-3H3,(H,17,18);1H/t12?,14-;/m0./s1. The molecule has 3 N–H and O–H groups in total. The number of amides is 1. The van der Waals surface area contributed by atoms with Crippen LogP contribution < -0.4 is 15.8 Å². The predicted octanol–water partition coefficient (Wildman–Crippen LogP) is 2.37. The minimum atomic E-state index is -0.441. The Balaban J connectivity index is 0.00000361.